The van der Waals surface area contributed by atoms with Gasteiger partial charge >= 0.3 is 0 Å². The molecule has 0 fully saturated rings. The van der Waals surface area contributed by atoms with Crippen LogP contribution in [0.2, 0.25) is 0 Å². The Balaban J connectivity index is -0.0000000384. The van der Waals surface area contributed by atoms with Crippen molar-refractivity contribution in [2.75, 3.05) is 0 Å². The van der Waals surface area contributed by atoms with Crippen molar-refractivity contribution in [1.82, 2.24) is 0 Å². The SMILES string of the molecule is CC.CC.CC.NOc1cccc(O)c1.Oc1ccc(O)cc1.Oc1ccccc1O.[CH3-].[CH3-].[CH3-].[V].[V].[V]. The fourth-order valence-electron chi connectivity index (χ4n) is 1.47. The number of phenols is 5. The average molecular weight is 633 g/mol. The normalized spacial score (nSPS) is 6.57. The van der Waals surface area contributed by atoms with Gasteiger partial charge in [0.2, 0.25) is 0 Å². The van der Waals surface area contributed by atoms with Crippen LogP contribution in [0.15, 0.2) is 72.8 Å². The molecule has 3 rings (SSSR count). The summed E-state index contributed by atoms with van der Waals surface area (Å²) in [5, 5.41) is 43.4. The van der Waals surface area contributed by atoms with Gasteiger partial charge in [-0.25, -0.2) is 0 Å². The molecule has 0 saturated heterocycles. The monoisotopic (exact) mass is 633 g/mol. The van der Waals surface area contributed by atoms with Crippen molar-refractivity contribution >= 4 is 0 Å². The number of hydrogen-bond donors (Lipinski definition) is 6. The molecule has 7 N–H and O–H groups in total. The van der Waals surface area contributed by atoms with Crippen LogP contribution in [0.3, 0.4) is 0 Å². The summed E-state index contributed by atoms with van der Waals surface area (Å²) in [5.41, 5.74) is 0. The van der Waals surface area contributed by atoms with Gasteiger partial charge in [-0.05, 0) is 48.5 Å². The summed E-state index contributed by atoms with van der Waals surface area (Å²) in [6.07, 6.45) is 0. The maximum absolute atomic E-state index is 8.81. The van der Waals surface area contributed by atoms with Crippen molar-refractivity contribution in [1.29, 1.82) is 0 Å². The van der Waals surface area contributed by atoms with Gasteiger partial charge in [0.1, 0.15) is 17.2 Å². The molecule has 0 spiro atoms. The van der Waals surface area contributed by atoms with Crippen molar-refractivity contribution in [3.8, 4) is 34.5 Å². The third-order valence-electron chi connectivity index (χ3n) is 2.69. The molecular formula is C27H46NO6V3-3. The molecule has 3 aromatic rings. The quantitative estimate of drug-likeness (QED) is 0.0719. The number of hydrogen-bond acceptors (Lipinski definition) is 7. The molecule has 0 aliphatic carbocycles. The second kappa shape index (κ2) is 44.2. The minimum Gasteiger partial charge on any atom is -0.508 e. The number of benzene rings is 3. The second-order valence-corrected chi connectivity index (χ2v) is 4.62. The Morgan fingerprint density at radius 3 is 1.03 bits per heavy atom. The Morgan fingerprint density at radius 2 is 0.811 bits per heavy atom. The van der Waals surface area contributed by atoms with E-state index in [0.29, 0.717) is 5.75 Å². The Morgan fingerprint density at radius 1 is 0.486 bits per heavy atom. The molecule has 0 unspecified atom stereocenters. The summed E-state index contributed by atoms with van der Waals surface area (Å²) < 4.78 is 0. The third-order valence-corrected chi connectivity index (χ3v) is 2.69. The summed E-state index contributed by atoms with van der Waals surface area (Å²) in [6.45, 7) is 12.0. The van der Waals surface area contributed by atoms with Crippen molar-refractivity contribution < 1.29 is 86.0 Å². The number of para-hydroxylation sites is 2. The fraction of sp³-hybridized carbons (Fsp3) is 0.222. The summed E-state index contributed by atoms with van der Waals surface area (Å²) in [7, 11) is 0. The van der Waals surface area contributed by atoms with Crippen molar-refractivity contribution in [2.24, 2.45) is 5.90 Å². The zero-order chi connectivity index (χ0) is 24.7. The van der Waals surface area contributed by atoms with Crippen LogP contribution in [0.25, 0.3) is 0 Å². The minimum atomic E-state index is -0.0764. The summed E-state index contributed by atoms with van der Waals surface area (Å²) in [5.74, 6) is 5.60. The van der Waals surface area contributed by atoms with E-state index in [2.05, 4.69) is 4.84 Å². The van der Waals surface area contributed by atoms with E-state index in [9.17, 15) is 0 Å². The second-order valence-electron chi connectivity index (χ2n) is 4.62. The van der Waals surface area contributed by atoms with Gasteiger partial charge in [0.05, 0.1) is 0 Å². The zero-order valence-electron chi connectivity index (χ0n) is 23.5. The standard InChI is InChI=1S/C6H7NO2.2C6H6O2.3C2H6.3CH3.3V/c7-9-6-3-1-2-5(8)4-6;7-5-1-2-6(8)4-3-5;7-5-3-1-2-4-6(5)8;3*1-2;;;;;;/h1-4,8H,7H2;2*1-4,7-8H;3*1-2H3;3*1H3;;;/q;;;;;;3*-1;;;. The molecule has 0 bridgehead atoms. The Labute approximate surface area is 261 Å². The summed E-state index contributed by atoms with van der Waals surface area (Å²) in [4.78, 5) is 4.34. The first kappa shape index (κ1) is 60.0. The fourth-order valence-corrected chi connectivity index (χ4v) is 1.47. The number of phenolic OH excluding ortho intramolecular Hbond substituents is 5. The van der Waals surface area contributed by atoms with Gasteiger partial charge in [-0.2, -0.15) is 5.90 Å². The van der Waals surface area contributed by atoms with Crippen LogP contribution in [0.1, 0.15) is 41.5 Å². The molecule has 213 valence electrons. The smallest absolute Gasteiger partial charge is 0.157 e. The summed E-state index contributed by atoms with van der Waals surface area (Å²) >= 11 is 0. The predicted octanol–water partition coefficient (Wildman–Crippen LogP) is 7.26. The molecule has 3 radical (unpaired) electrons. The van der Waals surface area contributed by atoms with Gasteiger partial charge in [0.15, 0.2) is 17.2 Å². The molecule has 0 saturated carbocycles. The van der Waals surface area contributed by atoms with Crippen LogP contribution in [0, 0.1) is 22.3 Å². The van der Waals surface area contributed by atoms with Gasteiger partial charge < -0.3 is 52.7 Å². The topological polar surface area (TPSA) is 136 Å². The van der Waals surface area contributed by atoms with Crippen LogP contribution in [-0.2, 0) is 55.7 Å². The van der Waals surface area contributed by atoms with Gasteiger partial charge in [-0.15, -0.1) is 0 Å². The first-order valence-corrected chi connectivity index (χ1v) is 10.0. The van der Waals surface area contributed by atoms with E-state index in [1.54, 1.807) is 30.3 Å². The van der Waals surface area contributed by atoms with E-state index in [4.69, 9.17) is 31.4 Å². The molecule has 0 atom stereocenters. The van der Waals surface area contributed by atoms with Crippen molar-refractivity contribution in [3.63, 3.8) is 0 Å². The van der Waals surface area contributed by atoms with Gasteiger partial charge in [0, 0.05) is 61.7 Å². The van der Waals surface area contributed by atoms with E-state index < -0.39 is 0 Å². The molecular weight excluding hydrogens is 587 g/mol. The Hall–Kier alpha value is -1.83. The maximum Gasteiger partial charge on any atom is 0.157 e. The minimum absolute atomic E-state index is 0. The van der Waals surface area contributed by atoms with Crippen LogP contribution < -0.4 is 10.7 Å². The third kappa shape index (κ3) is 36.4. The molecule has 7 nitrogen and oxygen atoms in total. The number of aromatic hydroxyl groups is 5. The molecule has 0 amide bonds. The zero-order valence-corrected chi connectivity index (χ0v) is 27.7. The number of rotatable bonds is 1. The van der Waals surface area contributed by atoms with E-state index in [0.717, 1.165) is 0 Å². The predicted molar refractivity (Wildman–Crippen MR) is 146 cm³/mol. The molecule has 0 aliphatic heterocycles. The van der Waals surface area contributed by atoms with E-state index in [-0.39, 0.29) is 107 Å². The van der Waals surface area contributed by atoms with Gasteiger partial charge in [-0.3, -0.25) is 0 Å². The first-order valence-electron chi connectivity index (χ1n) is 10.0. The molecule has 10 heteroatoms. The largest absolute Gasteiger partial charge is 0.508 e. The van der Waals surface area contributed by atoms with Crippen molar-refractivity contribution in [2.45, 2.75) is 41.5 Å². The average Bonchev–Trinajstić information content (AvgIpc) is 2.82. The number of nitrogens with two attached hydrogens (primary N) is 1. The van der Waals surface area contributed by atoms with E-state index in [1.807, 2.05) is 41.5 Å². The van der Waals surface area contributed by atoms with Gasteiger partial charge in [-0.1, -0.05) is 59.7 Å². The van der Waals surface area contributed by atoms with E-state index >= 15 is 0 Å². The first-order chi connectivity index (χ1) is 14.9. The van der Waals surface area contributed by atoms with Crippen LogP contribution in [0.5, 0.6) is 34.5 Å². The summed E-state index contributed by atoms with van der Waals surface area (Å²) in [6, 6.07) is 18.1. The molecule has 0 aromatic heterocycles. The van der Waals surface area contributed by atoms with Crippen LogP contribution in [-0.4, -0.2) is 25.5 Å². The molecule has 0 aliphatic rings. The van der Waals surface area contributed by atoms with Crippen molar-refractivity contribution in [3.05, 3.63) is 95.1 Å². The Kier molecular flexibility index (Phi) is 71.6. The molecule has 3 aromatic carbocycles. The Bertz CT molecular complexity index is 738. The van der Waals surface area contributed by atoms with E-state index in [1.165, 1.54) is 42.5 Å². The van der Waals surface area contributed by atoms with Crippen LogP contribution in [0.4, 0.5) is 0 Å². The maximum atomic E-state index is 8.81. The van der Waals surface area contributed by atoms with Gasteiger partial charge in [0.25, 0.3) is 0 Å². The molecule has 0 heterocycles. The molecule has 37 heavy (non-hydrogen) atoms. The van der Waals surface area contributed by atoms with Crippen LogP contribution >= 0.6 is 0 Å².